The Bertz CT molecular complexity index is 692. The van der Waals surface area contributed by atoms with Gasteiger partial charge in [-0.3, -0.25) is 0 Å². The van der Waals surface area contributed by atoms with Gasteiger partial charge >= 0.3 is 0 Å². The highest BCUT2D eigenvalue weighted by molar-refractivity contribution is 7.89. The molecule has 0 aliphatic carbocycles. The second kappa shape index (κ2) is 5.47. The largest absolute Gasteiger partial charge is 0.323 e. The van der Waals surface area contributed by atoms with Gasteiger partial charge in [0, 0.05) is 0 Å². The van der Waals surface area contributed by atoms with Crippen LogP contribution in [0.3, 0.4) is 0 Å². The number of nitrogens with zero attached hydrogens (tertiary/aromatic N) is 3. The van der Waals surface area contributed by atoms with Gasteiger partial charge in [-0.05, 0) is 30.8 Å². The zero-order valence-electron chi connectivity index (χ0n) is 9.83. The predicted octanol–water partition coefficient (Wildman–Crippen LogP) is 1.18. The summed E-state index contributed by atoms with van der Waals surface area (Å²) in [5.41, 5.74) is 0.346. The van der Waals surface area contributed by atoms with E-state index in [9.17, 15) is 8.42 Å². The summed E-state index contributed by atoms with van der Waals surface area (Å²) >= 11 is 5.64. The monoisotopic (exact) mass is 299 g/mol. The quantitative estimate of drug-likeness (QED) is 0.880. The molecule has 0 fully saturated rings. The van der Waals surface area contributed by atoms with Crippen molar-refractivity contribution < 1.29 is 8.42 Å². The van der Waals surface area contributed by atoms with Crippen LogP contribution in [0.2, 0.25) is 5.28 Å². The average molecular weight is 300 g/mol. The Balaban J connectivity index is 2.42. The number of hydrogen-bond donors (Lipinski definition) is 2. The highest BCUT2D eigenvalue weighted by Crippen LogP contribution is 2.22. The summed E-state index contributed by atoms with van der Waals surface area (Å²) in [6.07, 6.45) is 1.23. The van der Waals surface area contributed by atoms with Crippen molar-refractivity contribution in [3.8, 4) is 0 Å². The summed E-state index contributed by atoms with van der Waals surface area (Å²) in [6, 6.07) is 6.38. The molecule has 0 atom stereocenters. The Labute approximate surface area is 115 Å². The number of halogens is 1. The minimum atomic E-state index is -3.58. The fraction of sp³-hybridized carbons (Fsp3) is 0.100. The van der Waals surface area contributed by atoms with Crippen LogP contribution in [0, 0.1) is 0 Å². The lowest BCUT2D eigenvalue weighted by Gasteiger charge is -2.10. The lowest BCUT2D eigenvalue weighted by Crippen LogP contribution is -2.19. The second-order valence-electron chi connectivity index (χ2n) is 3.41. The molecule has 0 aliphatic rings. The van der Waals surface area contributed by atoms with Gasteiger partial charge in [0.25, 0.3) is 0 Å². The van der Waals surface area contributed by atoms with Gasteiger partial charge in [0.05, 0.1) is 5.69 Å². The molecular formula is C10H10ClN5O2S. The molecule has 2 N–H and O–H groups in total. The van der Waals surface area contributed by atoms with Crippen LogP contribution in [-0.2, 0) is 10.0 Å². The number of aromatic nitrogens is 3. The maximum Gasteiger partial charge on any atom is 0.242 e. The van der Waals surface area contributed by atoms with Crippen LogP contribution in [0.1, 0.15) is 0 Å². The topological polar surface area (TPSA) is 96.9 Å². The molecule has 9 heteroatoms. The van der Waals surface area contributed by atoms with Crippen LogP contribution in [0.15, 0.2) is 35.5 Å². The van der Waals surface area contributed by atoms with Gasteiger partial charge in [-0.15, -0.1) is 0 Å². The van der Waals surface area contributed by atoms with E-state index < -0.39 is 10.0 Å². The van der Waals surface area contributed by atoms with Crippen molar-refractivity contribution in [2.75, 3.05) is 12.4 Å². The first-order valence-corrected chi connectivity index (χ1v) is 7.03. The van der Waals surface area contributed by atoms with Crippen LogP contribution in [-0.4, -0.2) is 30.4 Å². The highest BCUT2D eigenvalue weighted by atomic mass is 35.5. The Morgan fingerprint density at radius 1 is 1.21 bits per heavy atom. The molecular weight excluding hydrogens is 290 g/mol. The Kier molecular flexibility index (Phi) is 3.93. The van der Waals surface area contributed by atoms with Gasteiger partial charge < -0.3 is 5.32 Å². The van der Waals surface area contributed by atoms with Crippen molar-refractivity contribution in [2.45, 2.75) is 4.90 Å². The fourth-order valence-corrected chi connectivity index (χ4v) is 2.38. The van der Waals surface area contributed by atoms with Crippen molar-refractivity contribution in [1.82, 2.24) is 19.7 Å². The summed E-state index contributed by atoms with van der Waals surface area (Å²) in [6.45, 7) is 0. The van der Waals surface area contributed by atoms with Gasteiger partial charge in [-0.2, -0.15) is 4.98 Å². The molecule has 1 aromatic carbocycles. The van der Waals surface area contributed by atoms with Gasteiger partial charge in [0.1, 0.15) is 11.2 Å². The first kappa shape index (κ1) is 13.7. The van der Waals surface area contributed by atoms with Gasteiger partial charge in [-0.1, -0.05) is 12.1 Å². The molecule has 7 nitrogen and oxygen atoms in total. The number of nitrogens with one attached hydrogen (secondary N) is 2. The van der Waals surface area contributed by atoms with Crippen LogP contribution in [0.4, 0.5) is 11.6 Å². The molecule has 1 heterocycles. The van der Waals surface area contributed by atoms with E-state index in [1.807, 2.05) is 0 Å². The number of sulfonamides is 1. The van der Waals surface area contributed by atoms with Crippen LogP contribution < -0.4 is 10.0 Å². The number of anilines is 2. The van der Waals surface area contributed by atoms with E-state index in [0.29, 0.717) is 5.69 Å². The minimum Gasteiger partial charge on any atom is -0.323 e. The third kappa shape index (κ3) is 3.16. The second-order valence-corrected chi connectivity index (χ2v) is 5.60. The molecule has 0 radical (unpaired) electrons. The van der Waals surface area contributed by atoms with Crippen molar-refractivity contribution in [3.05, 3.63) is 35.9 Å². The number of benzene rings is 1. The summed E-state index contributed by atoms with van der Waals surface area (Å²) in [7, 11) is -2.24. The summed E-state index contributed by atoms with van der Waals surface area (Å²) in [5.74, 6) is 0.166. The van der Waals surface area contributed by atoms with Crippen molar-refractivity contribution in [3.63, 3.8) is 0 Å². The van der Waals surface area contributed by atoms with Crippen LogP contribution >= 0.6 is 11.6 Å². The lowest BCUT2D eigenvalue weighted by atomic mass is 10.3. The SMILES string of the molecule is CNS(=O)(=O)c1ccccc1Nc1ncnc(Cl)n1. The predicted molar refractivity (Wildman–Crippen MR) is 70.8 cm³/mol. The standard InChI is InChI=1S/C10H10ClN5O2S/c1-12-19(17,18)8-5-3-2-4-7(8)15-10-14-6-13-9(11)16-10/h2-6,12H,1H3,(H,13,14,15,16). The molecule has 0 aliphatic heterocycles. The number of rotatable bonds is 4. The van der Waals surface area contributed by atoms with Crippen LogP contribution in [0.5, 0.6) is 0 Å². The number of para-hydroxylation sites is 1. The molecule has 19 heavy (non-hydrogen) atoms. The van der Waals surface area contributed by atoms with E-state index in [1.54, 1.807) is 18.2 Å². The Morgan fingerprint density at radius 2 is 1.95 bits per heavy atom. The maximum absolute atomic E-state index is 11.8. The van der Waals surface area contributed by atoms with Gasteiger partial charge in [-0.25, -0.2) is 23.1 Å². The maximum atomic E-state index is 11.8. The molecule has 0 saturated carbocycles. The first-order valence-electron chi connectivity index (χ1n) is 5.17. The van der Waals surface area contributed by atoms with Crippen molar-refractivity contribution >= 4 is 33.3 Å². The highest BCUT2D eigenvalue weighted by Gasteiger charge is 2.16. The molecule has 1 aromatic heterocycles. The summed E-state index contributed by atoms with van der Waals surface area (Å²) < 4.78 is 25.9. The third-order valence-corrected chi connectivity index (χ3v) is 3.89. The third-order valence-electron chi connectivity index (χ3n) is 2.23. The zero-order valence-corrected chi connectivity index (χ0v) is 11.4. The molecule has 2 rings (SSSR count). The van der Waals surface area contributed by atoms with Gasteiger partial charge in [0.2, 0.25) is 21.3 Å². The Hall–Kier alpha value is -1.77. The normalized spacial score (nSPS) is 11.3. The van der Waals surface area contributed by atoms with E-state index >= 15 is 0 Å². The summed E-state index contributed by atoms with van der Waals surface area (Å²) in [4.78, 5) is 11.4. The Morgan fingerprint density at radius 3 is 2.63 bits per heavy atom. The van der Waals surface area contributed by atoms with E-state index in [1.165, 1.54) is 19.4 Å². The average Bonchev–Trinajstić information content (AvgIpc) is 2.39. The fourth-order valence-electron chi connectivity index (χ4n) is 1.37. The first-order chi connectivity index (χ1) is 9.03. The van der Waals surface area contributed by atoms with E-state index in [4.69, 9.17) is 11.6 Å². The molecule has 0 bridgehead atoms. The molecule has 100 valence electrons. The molecule has 0 spiro atoms. The summed E-state index contributed by atoms with van der Waals surface area (Å²) in [5, 5.41) is 2.81. The van der Waals surface area contributed by atoms with Crippen molar-refractivity contribution in [1.29, 1.82) is 0 Å². The van der Waals surface area contributed by atoms with E-state index in [2.05, 4.69) is 25.0 Å². The molecule has 0 unspecified atom stereocenters. The number of hydrogen-bond acceptors (Lipinski definition) is 6. The van der Waals surface area contributed by atoms with E-state index in [-0.39, 0.29) is 16.1 Å². The molecule has 0 saturated heterocycles. The van der Waals surface area contributed by atoms with Gasteiger partial charge in [0.15, 0.2) is 0 Å². The molecule has 0 amide bonds. The molecule has 2 aromatic rings. The smallest absolute Gasteiger partial charge is 0.242 e. The van der Waals surface area contributed by atoms with E-state index in [0.717, 1.165) is 0 Å². The van der Waals surface area contributed by atoms with Crippen LogP contribution in [0.25, 0.3) is 0 Å². The van der Waals surface area contributed by atoms with Crippen molar-refractivity contribution in [2.24, 2.45) is 0 Å². The lowest BCUT2D eigenvalue weighted by molar-refractivity contribution is 0.588. The zero-order chi connectivity index (χ0) is 13.9. The minimum absolute atomic E-state index is 0.0199.